The van der Waals surface area contributed by atoms with E-state index in [-0.39, 0.29) is 0 Å². The lowest BCUT2D eigenvalue weighted by Gasteiger charge is -2.15. The molecule has 3 aromatic rings. The number of aliphatic imine (C=N–C) groups is 1. The van der Waals surface area contributed by atoms with Crippen molar-refractivity contribution >= 4 is 11.4 Å². The Bertz CT molecular complexity index is 919. The zero-order valence-corrected chi connectivity index (χ0v) is 17.1. The monoisotopic (exact) mass is 367 g/mol. The van der Waals surface area contributed by atoms with E-state index in [1.165, 1.54) is 16.7 Å². The van der Waals surface area contributed by atoms with E-state index >= 15 is 0 Å². The van der Waals surface area contributed by atoms with Crippen LogP contribution in [-0.4, -0.2) is 5.71 Å². The molecule has 0 fully saturated rings. The molecule has 0 radical (unpaired) electrons. The van der Waals surface area contributed by atoms with Crippen molar-refractivity contribution in [3.8, 4) is 0 Å². The zero-order valence-electron chi connectivity index (χ0n) is 17.1. The van der Waals surface area contributed by atoms with Crippen LogP contribution in [-0.2, 0) is 6.42 Å². The lowest BCUT2D eigenvalue weighted by atomic mass is 9.95. The van der Waals surface area contributed by atoms with E-state index in [9.17, 15) is 0 Å². The third-order valence-electron chi connectivity index (χ3n) is 5.11. The largest absolute Gasteiger partial charge is 0.252 e. The average Bonchev–Trinajstić information content (AvgIpc) is 2.76. The Morgan fingerprint density at radius 2 is 1.39 bits per heavy atom. The number of nitrogens with zero attached hydrogens (tertiary/aromatic N) is 1. The molecular formula is C27H29N. The highest BCUT2D eigenvalue weighted by Gasteiger charge is 2.12. The molecule has 0 aliphatic rings. The van der Waals surface area contributed by atoms with E-state index in [2.05, 4.69) is 112 Å². The van der Waals surface area contributed by atoms with Crippen molar-refractivity contribution in [1.82, 2.24) is 0 Å². The van der Waals surface area contributed by atoms with Crippen LogP contribution < -0.4 is 0 Å². The Hall–Kier alpha value is -2.93. The van der Waals surface area contributed by atoms with Crippen LogP contribution in [0.25, 0.3) is 5.70 Å². The lowest BCUT2D eigenvalue weighted by molar-refractivity contribution is 0.740. The molecule has 1 atom stereocenters. The van der Waals surface area contributed by atoms with Gasteiger partial charge in [0.15, 0.2) is 0 Å². The van der Waals surface area contributed by atoms with Gasteiger partial charge < -0.3 is 0 Å². The number of hydrogen-bond donors (Lipinski definition) is 0. The van der Waals surface area contributed by atoms with Gasteiger partial charge in [0.1, 0.15) is 0 Å². The molecule has 0 aromatic heterocycles. The molecule has 28 heavy (non-hydrogen) atoms. The second-order valence-electron chi connectivity index (χ2n) is 7.32. The Kier molecular flexibility index (Phi) is 6.97. The van der Waals surface area contributed by atoms with Gasteiger partial charge in [-0.05, 0) is 42.4 Å². The standard InChI is InChI=1S/C27H29N/c1-4-22(3)27(25-13-9-6-10-14-25)28-26(24-11-7-5-8-12-24)20-19-23-17-15-21(2)16-18-23/h5-18,20,22H,4,19H2,1-3H3/b26-20-,28-27?/t22-/m1/s1. The second-order valence-corrected chi connectivity index (χ2v) is 7.32. The van der Waals surface area contributed by atoms with Crippen LogP contribution >= 0.6 is 0 Å². The first kappa shape index (κ1) is 19.8. The molecule has 1 heteroatoms. The first-order chi connectivity index (χ1) is 13.7. The molecule has 3 aromatic carbocycles. The third kappa shape index (κ3) is 5.29. The highest BCUT2D eigenvalue weighted by Crippen LogP contribution is 2.22. The van der Waals surface area contributed by atoms with E-state index < -0.39 is 0 Å². The molecule has 0 saturated carbocycles. The van der Waals surface area contributed by atoms with Crippen molar-refractivity contribution in [3.05, 3.63) is 113 Å². The molecule has 0 amide bonds. The van der Waals surface area contributed by atoms with Crippen molar-refractivity contribution in [1.29, 1.82) is 0 Å². The van der Waals surface area contributed by atoms with Gasteiger partial charge in [-0.25, -0.2) is 0 Å². The predicted octanol–water partition coefficient (Wildman–Crippen LogP) is 7.11. The van der Waals surface area contributed by atoms with Crippen LogP contribution in [0.4, 0.5) is 0 Å². The molecule has 0 aliphatic heterocycles. The molecule has 0 N–H and O–H groups in total. The Labute approximate surface area is 169 Å². The molecule has 0 spiro atoms. The number of aryl methyl sites for hydroxylation is 1. The van der Waals surface area contributed by atoms with E-state index in [1.807, 2.05) is 0 Å². The molecule has 0 heterocycles. The fourth-order valence-corrected chi connectivity index (χ4v) is 3.17. The highest BCUT2D eigenvalue weighted by atomic mass is 14.8. The molecule has 0 saturated heterocycles. The Morgan fingerprint density at radius 3 is 1.96 bits per heavy atom. The number of benzene rings is 3. The minimum atomic E-state index is 0.397. The number of allylic oxidation sites excluding steroid dienone is 1. The van der Waals surface area contributed by atoms with Gasteiger partial charge in [0.2, 0.25) is 0 Å². The van der Waals surface area contributed by atoms with Crippen LogP contribution in [0.5, 0.6) is 0 Å². The van der Waals surface area contributed by atoms with Gasteiger partial charge in [-0.15, -0.1) is 0 Å². The van der Waals surface area contributed by atoms with Gasteiger partial charge in [-0.1, -0.05) is 110 Å². The summed E-state index contributed by atoms with van der Waals surface area (Å²) in [4.78, 5) is 5.20. The molecule has 0 unspecified atom stereocenters. The van der Waals surface area contributed by atoms with E-state index in [1.54, 1.807) is 0 Å². The smallest absolute Gasteiger partial charge is 0.0669 e. The highest BCUT2D eigenvalue weighted by molar-refractivity contribution is 6.04. The normalized spacial score (nSPS) is 13.4. The summed E-state index contributed by atoms with van der Waals surface area (Å²) >= 11 is 0. The third-order valence-corrected chi connectivity index (χ3v) is 5.11. The van der Waals surface area contributed by atoms with Gasteiger partial charge >= 0.3 is 0 Å². The maximum Gasteiger partial charge on any atom is 0.0669 e. The quantitative estimate of drug-likeness (QED) is 0.394. The summed E-state index contributed by atoms with van der Waals surface area (Å²) in [6.07, 6.45) is 4.19. The number of hydrogen-bond acceptors (Lipinski definition) is 1. The van der Waals surface area contributed by atoms with Crippen LogP contribution in [0.1, 0.15) is 42.5 Å². The summed E-state index contributed by atoms with van der Waals surface area (Å²) < 4.78 is 0. The van der Waals surface area contributed by atoms with Gasteiger partial charge in [0.05, 0.1) is 11.4 Å². The SMILES string of the molecule is CC[C@@H](C)C(=N/C(=C\Cc1ccc(C)cc1)c1ccccc1)c1ccccc1. The lowest BCUT2D eigenvalue weighted by Crippen LogP contribution is -2.12. The van der Waals surface area contributed by atoms with E-state index in [4.69, 9.17) is 4.99 Å². The second kappa shape index (κ2) is 9.85. The first-order valence-corrected chi connectivity index (χ1v) is 10.1. The Morgan fingerprint density at radius 1 is 0.821 bits per heavy atom. The van der Waals surface area contributed by atoms with Crippen molar-refractivity contribution in [2.75, 3.05) is 0 Å². The van der Waals surface area contributed by atoms with Crippen molar-refractivity contribution in [3.63, 3.8) is 0 Å². The van der Waals surface area contributed by atoms with E-state index in [0.717, 1.165) is 29.8 Å². The molecule has 0 aliphatic carbocycles. The van der Waals surface area contributed by atoms with Crippen molar-refractivity contribution in [2.24, 2.45) is 10.9 Å². The van der Waals surface area contributed by atoms with Crippen LogP contribution in [0, 0.1) is 12.8 Å². The zero-order chi connectivity index (χ0) is 19.8. The summed E-state index contributed by atoms with van der Waals surface area (Å²) in [7, 11) is 0. The molecule has 142 valence electrons. The maximum atomic E-state index is 5.20. The molecule has 3 rings (SSSR count). The number of rotatable bonds is 7. The van der Waals surface area contributed by atoms with Gasteiger partial charge in [0, 0.05) is 0 Å². The van der Waals surface area contributed by atoms with Crippen LogP contribution in [0.15, 0.2) is 96.0 Å². The molecular weight excluding hydrogens is 338 g/mol. The topological polar surface area (TPSA) is 12.4 Å². The maximum absolute atomic E-state index is 5.20. The van der Waals surface area contributed by atoms with Gasteiger partial charge in [-0.2, -0.15) is 0 Å². The van der Waals surface area contributed by atoms with Gasteiger partial charge in [-0.3, -0.25) is 4.99 Å². The van der Waals surface area contributed by atoms with Crippen LogP contribution in [0.3, 0.4) is 0 Å². The summed E-state index contributed by atoms with van der Waals surface area (Å²) in [5.74, 6) is 0.397. The minimum Gasteiger partial charge on any atom is -0.252 e. The fraction of sp³-hybridized carbons (Fsp3) is 0.222. The molecule has 0 bridgehead atoms. The Balaban J connectivity index is 2.03. The van der Waals surface area contributed by atoms with Crippen LogP contribution in [0.2, 0.25) is 0 Å². The first-order valence-electron chi connectivity index (χ1n) is 10.1. The van der Waals surface area contributed by atoms with Crippen molar-refractivity contribution < 1.29 is 0 Å². The fourth-order valence-electron chi connectivity index (χ4n) is 3.17. The summed E-state index contributed by atoms with van der Waals surface area (Å²) in [5.41, 5.74) is 7.15. The van der Waals surface area contributed by atoms with E-state index in [0.29, 0.717) is 5.92 Å². The van der Waals surface area contributed by atoms with Gasteiger partial charge in [0.25, 0.3) is 0 Å². The van der Waals surface area contributed by atoms with Crippen molar-refractivity contribution in [2.45, 2.75) is 33.6 Å². The summed E-state index contributed by atoms with van der Waals surface area (Å²) in [5, 5.41) is 0. The summed E-state index contributed by atoms with van der Waals surface area (Å²) in [6.45, 7) is 6.60. The average molecular weight is 368 g/mol. The minimum absolute atomic E-state index is 0.397. The summed E-state index contributed by atoms with van der Waals surface area (Å²) in [6, 6.07) is 29.8. The molecule has 1 nitrogen and oxygen atoms in total. The predicted molar refractivity (Wildman–Crippen MR) is 122 cm³/mol.